The van der Waals surface area contributed by atoms with Gasteiger partial charge in [0.05, 0.1) is 17.3 Å². The van der Waals surface area contributed by atoms with E-state index in [2.05, 4.69) is 18.7 Å². The minimum absolute atomic E-state index is 0.112. The van der Waals surface area contributed by atoms with Gasteiger partial charge in [-0.25, -0.2) is 8.42 Å². The first-order valence-electron chi connectivity index (χ1n) is 7.68. The summed E-state index contributed by atoms with van der Waals surface area (Å²) in [6.07, 6.45) is 0.697. The van der Waals surface area contributed by atoms with Gasteiger partial charge in [-0.3, -0.25) is 9.69 Å². The lowest BCUT2D eigenvalue weighted by atomic mass is 10.2. The van der Waals surface area contributed by atoms with Gasteiger partial charge in [0.2, 0.25) is 5.91 Å². The van der Waals surface area contributed by atoms with Crippen LogP contribution in [0.5, 0.6) is 0 Å². The molecule has 0 aromatic carbocycles. The van der Waals surface area contributed by atoms with Gasteiger partial charge in [0, 0.05) is 38.0 Å². The summed E-state index contributed by atoms with van der Waals surface area (Å²) in [5, 5.41) is 0.112. The largest absolute Gasteiger partial charge is 0.339 e. The molecular formula is C14H26N2O3S2. The molecule has 0 aromatic heterocycles. The third kappa shape index (κ3) is 5.45. The molecule has 0 radical (unpaired) electrons. The van der Waals surface area contributed by atoms with Gasteiger partial charge in [0.15, 0.2) is 9.84 Å². The third-order valence-corrected chi connectivity index (χ3v) is 7.25. The molecule has 2 aliphatic rings. The molecule has 0 aromatic rings. The van der Waals surface area contributed by atoms with Gasteiger partial charge in [-0.2, -0.15) is 0 Å². The standard InChI is InChI=1S/C14H26N2O3S2/c1-12(2)9-15-4-6-16(7-5-15)14(17)10-20-13-3-8-21(18,19)11-13/h12-13H,3-11H2,1-2H3. The molecule has 2 aliphatic heterocycles. The van der Waals surface area contributed by atoms with Gasteiger partial charge in [-0.1, -0.05) is 13.8 Å². The second-order valence-corrected chi connectivity index (χ2v) is 9.93. The van der Waals surface area contributed by atoms with Crippen molar-refractivity contribution in [3.05, 3.63) is 0 Å². The van der Waals surface area contributed by atoms with E-state index in [0.29, 0.717) is 18.1 Å². The summed E-state index contributed by atoms with van der Waals surface area (Å²) >= 11 is 1.52. The quantitative estimate of drug-likeness (QED) is 0.741. The summed E-state index contributed by atoms with van der Waals surface area (Å²) in [5.41, 5.74) is 0. The molecule has 2 fully saturated rings. The molecule has 0 spiro atoms. The maximum Gasteiger partial charge on any atom is 0.232 e. The van der Waals surface area contributed by atoms with Crippen LogP contribution in [0.4, 0.5) is 0 Å². The molecule has 21 heavy (non-hydrogen) atoms. The molecule has 0 bridgehead atoms. The highest BCUT2D eigenvalue weighted by Crippen LogP contribution is 2.24. The predicted octanol–water partition coefficient (Wildman–Crippen LogP) is 0.707. The van der Waals surface area contributed by atoms with Crippen LogP contribution in [-0.2, 0) is 14.6 Å². The number of hydrogen-bond acceptors (Lipinski definition) is 5. The highest BCUT2D eigenvalue weighted by Gasteiger charge is 2.29. The number of rotatable bonds is 5. The first-order chi connectivity index (χ1) is 9.85. The number of amides is 1. The van der Waals surface area contributed by atoms with Crippen molar-refractivity contribution in [1.82, 2.24) is 9.80 Å². The molecule has 1 unspecified atom stereocenters. The van der Waals surface area contributed by atoms with Crippen LogP contribution in [0.2, 0.25) is 0 Å². The zero-order valence-electron chi connectivity index (χ0n) is 13.0. The normalized spacial score (nSPS) is 26.4. The fraction of sp³-hybridized carbons (Fsp3) is 0.929. The van der Waals surface area contributed by atoms with Crippen LogP contribution in [0.15, 0.2) is 0 Å². The summed E-state index contributed by atoms with van der Waals surface area (Å²) in [4.78, 5) is 16.5. The van der Waals surface area contributed by atoms with Crippen molar-refractivity contribution < 1.29 is 13.2 Å². The number of piperazine rings is 1. The minimum Gasteiger partial charge on any atom is -0.339 e. The Morgan fingerprint density at radius 3 is 2.43 bits per heavy atom. The van der Waals surface area contributed by atoms with Crippen molar-refractivity contribution in [3.63, 3.8) is 0 Å². The molecule has 2 saturated heterocycles. The van der Waals surface area contributed by atoms with Crippen molar-refractivity contribution in [2.45, 2.75) is 25.5 Å². The van der Waals surface area contributed by atoms with E-state index in [1.165, 1.54) is 11.8 Å². The Kier molecular flexibility index (Phi) is 5.96. The first-order valence-corrected chi connectivity index (χ1v) is 10.5. The van der Waals surface area contributed by atoms with E-state index in [-0.39, 0.29) is 22.7 Å². The average molecular weight is 335 g/mol. The first kappa shape index (κ1) is 17.1. The Morgan fingerprint density at radius 1 is 1.24 bits per heavy atom. The fourth-order valence-corrected chi connectivity index (χ4v) is 6.41. The van der Waals surface area contributed by atoms with Gasteiger partial charge >= 0.3 is 0 Å². The number of thioether (sulfide) groups is 1. The smallest absolute Gasteiger partial charge is 0.232 e. The van der Waals surface area contributed by atoms with Crippen LogP contribution in [0.1, 0.15) is 20.3 Å². The third-order valence-electron chi connectivity index (χ3n) is 3.98. The van der Waals surface area contributed by atoms with E-state index in [4.69, 9.17) is 0 Å². The molecule has 2 rings (SSSR count). The second-order valence-electron chi connectivity index (χ2n) is 6.41. The monoisotopic (exact) mass is 334 g/mol. The lowest BCUT2D eigenvalue weighted by molar-refractivity contribution is -0.130. The van der Waals surface area contributed by atoms with E-state index in [1.54, 1.807) is 0 Å². The van der Waals surface area contributed by atoms with E-state index < -0.39 is 9.84 Å². The average Bonchev–Trinajstić information content (AvgIpc) is 2.76. The van der Waals surface area contributed by atoms with Crippen LogP contribution in [0.25, 0.3) is 0 Å². The highest BCUT2D eigenvalue weighted by atomic mass is 32.2. The summed E-state index contributed by atoms with van der Waals surface area (Å²) in [6, 6.07) is 0. The number of hydrogen-bond donors (Lipinski definition) is 0. The van der Waals surface area contributed by atoms with Gasteiger partial charge in [-0.15, -0.1) is 11.8 Å². The zero-order valence-corrected chi connectivity index (χ0v) is 14.6. The van der Waals surface area contributed by atoms with Gasteiger partial charge in [0.1, 0.15) is 0 Å². The van der Waals surface area contributed by atoms with Crippen LogP contribution < -0.4 is 0 Å². The van der Waals surface area contributed by atoms with Crippen molar-refractivity contribution in [1.29, 1.82) is 0 Å². The van der Waals surface area contributed by atoms with Gasteiger partial charge in [0.25, 0.3) is 0 Å². The van der Waals surface area contributed by atoms with Crippen LogP contribution in [-0.4, -0.2) is 79.4 Å². The molecule has 0 N–H and O–H groups in total. The van der Waals surface area contributed by atoms with E-state index in [1.807, 2.05) is 4.90 Å². The molecule has 7 heteroatoms. The van der Waals surface area contributed by atoms with Crippen molar-refractivity contribution in [3.8, 4) is 0 Å². The Morgan fingerprint density at radius 2 is 1.90 bits per heavy atom. The maximum absolute atomic E-state index is 12.2. The van der Waals surface area contributed by atoms with Crippen LogP contribution >= 0.6 is 11.8 Å². The van der Waals surface area contributed by atoms with Gasteiger partial charge in [-0.05, 0) is 12.3 Å². The molecular weight excluding hydrogens is 308 g/mol. The molecule has 1 amide bonds. The Bertz CT molecular complexity index is 457. The summed E-state index contributed by atoms with van der Waals surface area (Å²) in [7, 11) is -2.84. The highest BCUT2D eigenvalue weighted by molar-refractivity contribution is 8.02. The van der Waals surface area contributed by atoms with E-state index in [0.717, 1.165) is 32.7 Å². The summed E-state index contributed by atoms with van der Waals surface area (Å²) < 4.78 is 22.8. The van der Waals surface area contributed by atoms with Crippen molar-refractivity contribution in [2.75, 3.05) is 50.0 Å². The van der Waals surface area contributed by atoms with Crippen molar-refractivity contribution in [2.24, 2.45) is 5.92 Å². The SMILES string of the molecule is CC(C)CN1CCN(C(=O)CSC2CCS(=O)(=O)C2)CC1. The fourth-order valence-electron chi connectivity index (χ4n) is 2.87. The Balaban J connectivity index is 1.68. The molecule has 5 nitrogen and oxygen atoms in total. The lowest BCUT2D eigenvalue weighted by Crippen LogP contribution is -2.50. The molecule has 1 atom stereocenters. The van der Waals surface area contributed by atoms with E-state index >= 15 is 0 Å². The zero-order chi connectivity index (χ0) is 15.5. The van der Waals surface area contributed by atoms with Crippen molar-refractivity contribution >= 4 is 27.5 Å². The second kappa shape index (κ2) is 7.33. The Labute approximate surface area is 132 Å². The van der Waals surface area contributed by atoms with Gasteiger partial charge < -0.3 is 4.90 Å². The summed E-state index contributed by atoms with van der Waals surface area (Å²) in [6.45, 7) is 9.02. The maximum atomic E-state index is 12.2. The summed E-state index contributed by atoms with van der Waals surface area (Å²) in [5.74, 6) is 1.77. The molecule has 2 heterocycles. The number of carbonyl (C=O) groups excluding carboxylic acids is 1. The lowest BCUT2D eigenvalue weighted by Gasteiger charge is -2.35. The number of carbonyl (C=O) groups is 1. The number of nitrogens with zero attached hydrogens (tertiary/aromatic N) is 2. The Hall–Kier alpha value is -0.270. The minimum atomic E-state index is -2.84. The molecule has 0 aliphatic carbocycles. The topological polar surface area (TPSA) is 57.7 Å². The molecule has 0 saturated carbocycles. The van der Waals surface area contributed by atoms with Crippen LogP contribution in [0.3, 0.4) is 0 Å². The number of sulfone groups is 1. The van der Waals surface area contributed by atoms with Crippen LogP contribution in [0, 0.1) is 5.92 Å². The molecule has 122 valence electrons. The van der Waals surface area contributed by atoms with E-state index in [9.17, 15) is 13.2 Å². The predicted molar refractivity (Wildman–Crippen MR) is 87.4 cm³/mol.